The van der Waals surface area contributed by atoms with Gasteiger partial charge >= 0.3 is 0 Å². The summed E-state index contributed by atoms with van der Waals surface area (Å²) in [5, 5.41) is 6.88. The maximum Gasteiger partial charge on any atom is 0.290 e. The van der Waals surface area contributed by atoms with Crippen LogP contribution in [0, 0.1) is 0 Å². The molecule has 5 heteroatoms. The van der Waals surface area contributed by atoms with Crippen LogP contribution in [0.2, 0.25) is 0 Å². The monoisotopic (exact) mass is 259 g/mol. The van der Waals surface area contributed by atoms with Crippen LogP contribution in [0.5, 0.6) is 0 Å². The molecule has 2 heterocycles. The van der Waals surface area contributed by atoms with Crippen LogP contribution in [0.4, 0.5) is 0 Å². The number of carbonyl (C=O) groups is 1. The summed E-state index contributed by atoms with van der Waals surface area (Å²) in [7, 11) is 1.96. The van der Waals surface area contributed by atoms with E-state index in [4.69, 9.17) is 4.52 Å². The summed E-state index contributed by atoms with van der Waals surface area (Å²) >= 11 is 0. The minimum absolute atomic E-state index is 0.170. The molecule has 3 rings (SSSR count). The van der Waals surface area contributed by atoms with Crippen LogP contribution in [0.25, 0.3) is 0 Å². The highest BCUT2D eigenvalue weighted by atomic mass is 16.5. The number of rotatable bonds is 3. The third-order valence-electron chi connectivity index (χ3n) is 3.65. The molecule has 2 aromatic rings. The quantitative estimate of drug-likeness (QED) is 0.914. The van der Waals surface area contributed by atoms with E-state index < -0.39 is 0 Å². The molecule has 0 aliphatic heterocycles. The first-order valence-electron chi connectivity index (χ1n) is 6.61. The fourth-order valence-corrected chi connectivity index (χ4v) is 2.50. The lowest BCUT2D eigenvalue weighted by atomic mass is 9.96. The number of nitrogens with one attached hydrogen (secondary N) is 1. The molecule has 0 saturated heterocycles. The van der Waals surface area contributed by atoms with Gasteiger partial charge < -0.3 is 14.4 Å². The van der Waals surface area contributed by atoms with Crippen LogP contribution in [0.3, 0.4) is 0 Å². The fraction of sp³-hybridized carbons (Fsp3) is 0.429. The molecule has 0 spiro atoms. The molecular weight excluding hydrogens is 242 g/mol. The normalized spacial score (nSPS) is 14.2. The minimum Gasteiger partial charge on any atom is -0.353 e. The Morgan fingerprint density at radius 2 is 2.32 bits per heavy atom. The van der Waals surface area contributed by atoms with Crippen molar-refractivity contribution in [2.24, 2.45) is 7.05 Å². The number of aromatic nitrogens is 2. The van der Waals surface area contributed by atoms with Gasteiger partial charge in [0.15, 0.2) is 0 Å². The lowest BCUT2D eigenvalue weighted by molar-refractivity contribution is 0.0912. The molecule has 100 valence electrons. The molecule has 0 aromatic carbocycles. The van der Waals surface area contributed by atoms with Crippen molar-refractivity contribution in [2.45, 2.75) is 32.2 Å². The zero-order valence-electron chi connectivity index (χ0n) is 11.0. The second-order valence-electron chi connectivity index (χ2n) is 4.94. The van der Waals surface area contributed by atoms with Gasteiger partial charge in [-0.2, -0.15) is 0 Å². The number of hydrogen-bond donors (Lipinski definition) is 1. The molecule has 1 amide bonds. The molecule has 0 radical (unpaired) electrons. The van der Waals surface area contributed by atoms with Crippen molar-refractivity contribution in [3.05, 3.63) is 41.0 Å². The second-order valence-corrected chi connectivity index (χ2v) is 4.94. The number of hydrogen-bond acceptors (Lipinski definition) is 3. The zero-order chi connectivity index (χ0) is 13.2. The van der Waals surface area contributed by atoms with E-state index in [-0.39, 0.29) is 5.91 Å². The standard InChI is InChI=1S/C14H17N3O2/c1-17-8-4-5-10(17)9-15-14(18)13-11-6-2-3-7-12(11)16-19-13/h4-5,8H,2-3,6-7,9H2,1H3,(H,15,18). The highest BCUT2D eigenvalue weighted by Crippen LogP contribution is 2.23. The summed E-state index contributed by atoms with van der Waals surface area (Å²) < 4.78 is 7.19. The number of nitrogens with zero attached hydrogens (tertiary/aromatic N) is 2. The van der Waals surface area contributed by atoms with Gasteiger partial charge in [0.2, 0.25) is 5.76 Å². The number of fused-ring (bicyclic) bond motifs is 1. The van der Waals surface area contributed by atoms with E-state index in [1.54, 1.807) is 0 Å². The van der Waals surface area contributed by atoms with E-state index in [0.29, 0.717) is 12.3 Å². The summed E-state index contributed by atoms with van der Waals surface area (Å²) in [6.45, 7) is 0.498. The van der Waals surface area contributed by atoms with Crippen molar-refractivity contribution < 1.29 is 9.32 Å². The van der Waals surface area contributed by atoms with Crippen LogP contribution < -0.4 is 5.32 Å². The molecule has 0 unspecified atom stereocenters. The smallest absolute Gasteiger partial charge is 0.290 e. The predicted molar refractivity (Wildman–Crippen MR) is 69.7 cm³/mol. The van der Waals surface area contributed by atoms with Crippen molar-refractivity contribution in [2.75, 3.05) is 0 Å². The van der Waals surface area contributed by atoms with Gasteiger partial charge in [0.25, 0.3) is 5.91 Å². The number of carbonyl (C=O) groups excluding carboxylic acids is 1. The zero-order valence-corrected chi connectivity index (χ0v) is 11.0. The van der Waals surface area contributed by atoms with Crippen molar-refractivity contribution in [3.8, 4) is 0 Å². The van der Waals surface area contributed by atoms with Crippen molar-refractivity contribution in [1.82, 2.24) is 15.0 Å². The number of aryl methyl sites for hydroxylation is 2. The Balaban J connectivity index is 1.71. The minimum atomic E-state index is -0.170. The summed E-state index contributed by atoms with van der Waals surface area (Å²) in [6, 6.07) is 3.94. The first kappa shape index (κ1) is 12.0. The van der Waals surface area contributed by atoms with E-state index in [1.165, 1.54) is 0 Å². The van der Waals surface area contributed by atoms with Gasteiger partial charge in [0.1, 0.15) is 0 Å². The van der Waals surface area contributed by atoms with E-state index >= 15 is 0 Å². The van der Waals surface area contributed by atoms with E-state index in [1.807, 2.05) is 29.9 Å². The van der Waals surface area contributed by atoms with E-state index in [0.717, 1.165) is 42.6 Å². The highest BCUT2D eigenvalue weighted by molar-refractivity contribution is 5.93. The van der Waals surface area contributed by atoms with Gasteiger partial charge in [-0.05, 0) is 37.8 Å². The molecule has 1 N–H and O–H groups in total. The Morgan fingerprint density at radius 1 is 1.47 bits per heavy atom. The van der Waals surface area contributed by atoms with E-state index in [9.17, 15) is 4.79 Å². The lowest BCUT2D eigenvalue weighted by Crippen LogP contribution is -2.24. The molecular formula is C14H17N3O2. The molecule has 2 aromatic heterocycles. The topological polar surface area (TPSA) is 60.1 Å². The van der Waals surface area contributed by atoms with Crippen LogP contribution >= 0.6 is 0 Å². The third kappa shape index (κ3) is 2.28. The second kappa shape index (κ2) is 4.91. The highest BCUT2D eigenvalue weighted by Gasteiger charge is 2.23. The summed E-state index contributed by atoms with van der Waals surface area (Å²) in [5.74, 6) is 0.223. The summed E-state index contributed by atoms with van der Waals surface area (Å²) in [5.41, 5.74) is 3.01. The molecule has 0 bridgehead atoms. The molecule has 5 nitrogen and oxygen atoms in total. The van der Waals surface area contributed by atoms with Crippen molar-refractivity contribution >= 4 is 5.91 Å². The maximum atomic E-state index is 12.1. The van der Waals surface area contributed by atoms with Gasteiger partial charge in [-0.3, -0.25) is 4.79 Å². The Labute approximate surface area is 111 Å². The van der Waals surface area contributed by atoms with Crippen LogP contribution in [-0.4, -0.2) is 15.6 Å². The first-order valence-corrected chi connectivity index (χ1v) is 6.61. The average Bonchev–Trinajstić information content (AvgIpc) is 3.02. The van der Waals surface area contributed by atoms with Crippen molar-refractivity contribution in [1.29, 1.82) is 0 Å². The van der Waals surface area contributed by atoms with Gasteiger partial charge in [0, 0.05) is 24.5 Å². The maximum absolute atomic E-state index is 12.1. The molecule has 0 saturated carbocycles. The number of amides is 1. The van der Waals surface area contributed by atoms with Gasteiger partial charge in [-0.25, -0.2) is 0 Å². The first-order chi connectivity index (χ1) is 9.25. The van der Waals surface area contributed by atoms with Gasteiger partial charge in [-0.15, -0.1) is 0 Å². The van der Waals surface area contributed by atoms with Crippen LogP contribution in [0.1, 0.15) is 40.3 Å². The largest absolute Gasteiger partial charge is 0.353 e. The SMILES string of the molecule is Cn1cccc1CNC(=O)c1onc2c1CCCC2. The van der Waals surface area contributed by atoms with Crippen LogP contribution in [0.15, 0.2) is 22.9 Å². The van der Waals surface area contributed by atoms with Crippen LogP contribution in [-0.2, 0) is 26.4 Å². The third-order valence-corrected chi connectivity index (χ3v) is 3.65. The molecule has 1 aliphatic carbocycles. The predicted octanol–water partition coefficient (Wildman–Crippen LogP) is 1.82. The molecule has 0 atom stereocenters. The molecule has 1 aliphatic rings. The van der Waals surface area contributed by atoms with Gasteiger partial charge in [-0.1, -0.05) is 5.16 Å². The Hall–Kier alpha value is -2.04. The van der Waals surface area contributed by atoms with Gasteiger partial charge in [0.05, 0.1) is 12.2 Å². The fourth-order valence-electron chi connectivity index (χ4n) is 2.50. The summed E-state index contributed by atoms with van der Waals surface area (Å²) in [4.78, 5) is 12.1. The lowest BCUT2D eigenvalue weighted by Gasteiger charge is -2.09. The Bertz CT molecular complexity index is 598. The summed E-state index contributed by atoms with van der Waals surface area (Å²) in [6.07, 6.45) is 6.00. The molecule has 0 fully saturated rings. The average molecular weight is 259 g/mol. The van der Waals surface area contributed by atoms with Crippen molar-refractivity contribution in [3.63, 3.8) is 0 Å². The Morgan fingerprint density at radius 3 is 3.11 bits per heavy atom. The molecule has 19 heavy (non-hydrogen) atoms. The van der Waals surface area contributed by atoms with E-state index in [2.05, 4.69) is 10.5 Å². The Kier molecular flexibility index (Phi) is 3.11.